The molecule has 2 aromatic heterocycles. The van der Waals surface area contributed by atoms with Gasteiger partial charge >= 0.3 is 0 Å². The summed E-state index contributed by atoms with van der Waals surface area (Å²) in [4.78, 5) is 17.2. The first-order valence-electron chi connectivity index (χ1n) is 11.5. The first kappa shape index (κ1) is 24.6. The molecule has 35 heavy (non-hydrogen) atoms. The van der Waals surface area contributed by atoms with E-state index in [2.05, 4.69) is 40.7 Å². The number of hydrogen-bond donors (Lipinski definition) is 3. The number of halogens is 2. The number of benzene rings is 1. The number of pyridine rings is 1. The van der Waals surface area contributed by atoms with E-state index in [9.17, 15) is 8.78 Å². The van der Waals surface area contributed by atoms with Crippen molar-refractivity contribution in [2.75, 3.05) is 46.6 Å². The zero-order valence-corrected chi connectivity index (χ0v) is 19.4. The molecule has 0 saturated carbocycles. The number of hydrogen-bond acceptors (Lipinski definition) is 8. The van der Waals surface area contributed by atoms with Gasteiger partial charge in [0.2, 0.25) is 5.95 Å². The predicted molar refractivity (Wildman–Crippen MR) is 137 cm³/mol. The molecule has 1 aromatic carbocycles. The fraction of sp³-hybridized carbons (Fsp3) is 0.400. The largest absolute Gasteiger partial charge is 0.368 e. The van der Waals surface area contributed by atoms with Gasteiger partial charge in [-0.1, -0.05) is 7.43 Å². The number of anilines is 5. The molecule has 0 amide bonds. The highest BCUT2D eigenvalue weighted by Crippen LogP contribution is 2.41. The summed E-state index contributed by atoms with van der Waals surface area (Å²) in [5, 5.41) is 9.51. The minimum absolute atomic E-state index is 0. The Hall–Kier alpha value is -3.53. The molecule has 2 aliphatic rings. The van der Waals surface area contributed by atoms with Crippen molar-refractivity contribution in [2.45, 2.75) is 40.4 Å². The molecule has 8 nitrogen and oxygen atoms in total. The topological polar surface area (TPSA) is 81.2 Å². The fourth-order valence-corrected chi connectivity index (χ4v) is 4.60. The van der Waals surface area contributed by atoms with Crippen LogP contribution in [0.5, 0.6) is 0 Å². The fourth-order valence-electron chi connectivity index (χ4n) is 4.60. The van der Waals surface area contributed by atoms with Crippen molar-refractivity contribution in [3.8, 4) is 11.3 Å². The molecular formula is C25H32F2N8. The summed E-state index contributed by atoms with van der Waals surface area (Å²) < 4.78 is 29.7. The highest BCUT2D eigenvalue weighted by atomic mass is 19.1. The monoisotopic (exact) mass is 482 g/mol. The average Bonchev–Trinajstić information content (AvgIpc) is 3.18. The lowest BCUT2D eigenvalue weighted by Crippen LogP contribution is -2.43. The maximum Gasteiger partial charge on any atom is 0.229 e. The summed E-state index contributed by atoms with van der Waals surface area (Å²) >= 11 is 0. The Bertz CT molecular complexity index is 1180. The van der Waals surface area contributed by atoms with Gasteiger partial charge in [0.1, 0.15) is 17.3 Å². The SMILES string of the molecule is C.CC(C)N1c2cc(-c3nc(Nc4ccc(N5CCNCC5)cn4)ncc3F)cc(F)c2NC1C. The van der Waals surface area contributed by atoms with E-state index in [1.165, 1.54) is 6.07 Å². The molecular weight excluding hydrogens is 450 g/mol. The average molecular weight is 483 g/mol. The quantitative estimate of drug-likeness (QED) is 0.487. The number of nitrogens with zero attached hydrogens (tertiary/aromatic N) is 5. The molecule has 10 heteroatoms. The van der Waals surface area contributed by atoms with Crippen molar-refractivity contribution in [3.63, 3.8) is 0 Å². The summed E-state index contributed by atoms with van der Waals surface area (Å²) in [7, 11) is 0. The highest BCUT2D eigenvalue weighted by molar-refractivity contribution is 5.82. The van der Waals surface area contributed by atoms with Gasteiger partial charge in [-0.3, -0.25) is 0 Å². The van der Waals surface area contributed by atoms with Crippen LogP contribution in [0.2, 0.25) is 0 Å². The standard InChI is InChI=1S/C24H28F2N8.CH4/c1-14(2)34-15(3)30-23-18(25)10-16(11-20(23)34)22-19(26)13-29-24(32-22)31-21-5-4-17(12-28-21)33-8-6-27-7-9-33;/h4-5,10-15,27,30H,6-9H2,1-3H3,(H,28,29,31,32);1H4. The Balaban J connectivity index is 0.00000289. The van der Waals surface area contributed by atoms with Crippen molar-refractivity contribution in [1.29, 1.82) is 0 Å². The van der Waals surface area contributed by atoms with E-state index in [0.29, 0.717) is 22.8 Å². The van der Waals surface area contributed by atoms with Crippen LogP contribution in [-0.4, -0.2) is 53.3 Å². The summed E-state index contributed by atoms with van der Waals surface area (Å²) in [5.41, 5.74) is 2.53. The van der Waals surface area contributed by atoms with Gasteiger partial charge in [-0.05, 0) is 45.0 Å². The number of aromatic nitrogens is 3. The number of fused-ring (bicyclic) bond motifs is 1. The van der Waals surface area contributed by atoms with Crippen LogP contribution in [0.1, 0.15) is 28.2 Å². The Morgan fingerprint density at radius 3 is 2.51 bits per heavy atom. The van der Waals surface area contributed by atoms with E-state index in [0.717, 1.165) is 38.1 Å². The third-order valence-electron chi connectivity index (χ3n) is 6.16. The van der Waals surface area contributed by atoms with Crippen molar-refractivity contribution < 1.29 is 8.78 Å². The van der Waals surface area contributed by atoms with Crippen LogP contribution in [0.15, 0.2) is 36.7 Å². The molecule has 2 aliphatic heterocycles. The maximum absolute atomic E-state index is 14.9. The van der Waals surface area contributed by atoms with Gasteiger partial charge in [0.15, 0.2) is 5.82 Å². The Labute approximate surface area is 204 Å². The van der Waals surface area contributed by atoms with Crippen LogP contribution in [0.3, 0.4) is 0 Å². The second kappa shape index (κ2) is 9.99. The molecule has 1 saturated heterocycles. The lowest BCUT2D eigenvalue weighted by Gasteiger charge is -2.29. The zero-order chi connectivity index (χ0) is 23.8. The van der Waals surface area contributed by atoms with Crippen LogP contribution in [-0.2, 0) is 0 Å². The Morgan fingerprint density at radius 2 is 1.83 bits per heavy atom. The number of piperazine rings is 1. The normalized spacial score (nSPS) is 17.1. The van der Waals surface area contributed by atoms with E-state index >= 15 is 0 Å². The Morgan fingerprint density at radius 1 is 1.06 bits per heavy atom. The number of nitrogens with one attached hydrogen (secondary N) is 3. The van der Waals surface area contributed by atoms with Crippen LogP contribution in [0, 0.1) is 11.6 Å². The summed E-state index contributed by atoms with van der Waals surface area (Å²) in [6.45, 7) is 9.78. The molecule has 1 unspecified atom stereocenters. The molecule has 0 radical (unpaired) electrons. The summed E-state index contributed by atoms with van der Waals surface area (Å²) in [6.07, 6.45) is 2.82. The van der Waals surface area contributed by atoms with Gasteiger partial charge in [-0.15, -0.1) is 0 Å². The van der Waals surface area contributed by atoms with Crippen LogP contribution in [0.4, 0.5) is 37.6 Å². The van der Waals surface area contributed by atoms with Crippen molar-refractivity contribution in [3.05, 3.63) is 48.3 Å². The summed E-state index contributed by atoms with van der Waals surface area (Å²) in [5.74, 6) is -0.338. The molecule has 1 atom stereocenters. The van der Waals surface area contributed by atoms with Gasteiger partial charge in [-0.2, -0.15) is 0 Å². The van der Waals surface area contributed by atoms with E-state index in [-0.39, 0.29) is 31.3 Å². The third-order valence-corrected chi connectivity index (χ3v) is 6.16. The molecule has 3 aromatic rings. The molecule has 0 aliphatic carbocycles. The van der Waals surface area contributed by atoms with E-state index in [1.54, 1.807) is 12.3 Å². The molecule has 186 valence electrons. The number of rotatable bonds is 5. The molecule has 1 fully saturated rings. The molecule has 3 N–H and O–H groups in total. The summed E-state index contributed by atoms with van der Waals surface area (Å²) in [6, 6.07) is 7.03. The van der Waals surface area contributed by atoms with E-state index in [1.807, 2.05) is 32.9 Å². The Kier molecular flexibility index (Phi) is 7.02. The van der Waals surface area contributed by atoms with Crippen LogP contribution in [0.25, 0.3) is 11.3 Å². The maximum atomic E-state index is 14.9. The van der Waals surface area contributed by atoms with Crippen LogP contribution >= 0.6 is 0 Å². The van der Waals surface area contributed by atoms with E-state index in [4.69, 9.17) is 0 Å². The smallest absolute Gasteiger partial charge is 0.229 e. The molecule has 5 rings (SSSR count). The lowest BCUT2D eigenvalue weighted by atomic mass is 10.1. The molecule has 0 bridgehead atoms. The van der Waals surface area contributed by atoms with Gasteiger partial charge in [0, 0.05) is 37.8 Å². The van der Waals surface area contributed by atoms with Crippen molar-refractivity contribution in [2.24, 2.45) is 0 Å². The second-order valence-corrected chi connectivity index (χ2v) is 8.83. The third kappa shape index (κ3) is 4.84. The predicted octanol–water partition coefficient (Wildman–Crippen LogP) is 4.59. The van der Waals surface area contributed by atoms with Gasteiger partial charge < -0.3 is 25.8 Å². The van der Waals surface area contributed by atoms with Crippen molar-refractivity contribution in [1.82, 2.24) is 20.3 Å². The molecule has 0 spiro atoms. The first-order chi connectivity index (χ1) is 16.4. The minimum Gasteiger partial charge on any atom is -0.368 e. The van der Waals surface area contributed by atoms with Crippen molar-refractivity contribution >= 4 is 28.8 Å². The second-order valence-electron chi connectivity index (χ2n) is 8.83. The van der Waals surface area contributed by atoms with Gasteiger partial charge in [-0.25, -0.2) is 23.7 Å². The minimum atomic E-state index is -0.623. The molecule has 4 heterocycles. The first-order valence-corrected chi connectivity index (χ1v) is 11.5. The highest BCUT2D eigenvalue weighted by Gasteiger charge is 2.31. The van der Waals surface area contributed by atoms with E-state index < -0.39 is 11.6 Å². The zero-order valence-electron chi connectivity index (χ0n) is 19.4. The van der Waals surface area contributed by atoms with Gasteiger partial charge in [0.05, 0.1) is 35.6 Å². The van der Waals surface area contributed by atoms with Crippen LogP contribution < -0.4 is 25.8 Å². The van der Waals surface area contributed by atoms with Gasteiger partial charge in [0.25, 0.3) is 0 Å². The lowest BCUT2D eigenvalue weighted by molar-refractivity contribution is 0.589.